The van der Waals surface area contributed by atoms with Gasteiger partial charge in [0, 0.05) is 24.4 Å². The van der Waals surface area contributed by atoms with Gasteiger partial charge in [-0.15, -0.1) is 0 Å². The number of fused-ring (bicyclic) bond motifs is 1. The highest BCUT2D eigenvalue weighted by atomic mass is 35.5. The van der Waals surface area contributed by atoms with Gasteiger partial charge in [0.15, 0.2) is 11.5 Å². The van der Waals surface area contributed by atoms with E-state index < -0.39 is 10.0 Å². The van der Waals surface area contributed by atoms with E-state index >= 15 is 0 Å². The molecule has 0 aliphatic carbocycles. The Kier molecular flexibility index (Phi) is 5.18. The Morgan fingerprint density at radius 1 is 1.23 bits per heavy atom. The second-order valence-electron chi connectivity index (χ2n) is 6.37. The number of nitrogens with one attached hydrogen (secondary N) is 1. The second-order valence-corrected chi connectivity index (χ2v) is 8.51. The van der Waals surface area contributed by atoms with Crippen LogP contribution in [-0.2, 0) is 10.0 Å². The van der Waals surface area contributed by atoms with E-state index in [4.69, 9.17) is 21.1 Å². The Bertz CT molecular complexity index is 940. The van der Waals surface area contributed by atoms with Crippen molar-refractivity contribution in [3.63, 3.8) is 0 Å². The predicted molar refractivity (Wildman–Crippen MR) is 98.8 cm³/mol. The minimum atomic E-state index is -3.80. The van der Waals surface area contributed by atoms with E-state index in [2.05, 4.69) is 9.82 Å². The summed E-state index contributed by atoms with van der Waals surface area (Å²) in [5.74, 6) is 0.829. The molecule has 0 bridgehead atoms. The summed E-state index contributed by atoms with van der Waals surface area (Å²) in [4.78, 5) is -0.0276. The second kappa shape index (κ2) is 7.09. The number of aromatic nitrogens is 2. The molecule has 0 spiro atoms. The number of halogens is 1. The lowest BCUT2D eigenvalue weighted by atomic mass is 10.2. The van der Waals surface area contributed by atoms with Crippen molar-refractivity contribution in [1.82, 2.24) is 14.5 Å². The van der Waals surface area contributed by atoms with Crippen molar-refractivity contribution in [3.8, 4) is 11.5 Å². The van der Waals surface area contributed by atoms with Crippen molar-refractivity contribution < 1.29 is 17.9 Å². The zero-order valence-corrected chi connectivity index (χ0v) is 16.7. The first-order valence-electron chi connectivity index (χ1n) is 8.32. The average molecular weight is 400 g/mol. The van der Waals surface area contributed by atoms with Crippen LogP contribution in [0.2, 0.25) is 5.02 Å². The third-order valence-corrected chi connectivity index (χ3v) is 6.45. The Labute approximate surface area is 158 Å². The third kappa shape index (κ3) is 3.54. The molecular formula is C17H22ClN3O4S. The summed E-state index contributed by atoms with van der Waals surface area (Å²) in [6.45, 7) is 8.78. The van der Waals surface area contributed by atoms with E-state index in [1.165, 1.54) is 12.1 Å². The van der Waals surface area contributed by atoms with E-state index in [1.54, 1.807) is 0 Å². The Hall–Kier alpha value is -1.77. The van der Waals surface area contributed by atoms with E-state index in [-0.39, 0.29) is 22.5 Å². The summed E-state index contributed by atoms with van der Waals surface area (Å²) in [5, 5.41) is 4.57. The highest BCUT2D eigenvalue weighted by Gasteiger charge is 2.24. The van der Waals surface area contributed by atoms with E-state index in [0.29, 0.717) is 24.7 Å². The lowest BCUT2D eigenvalue weighted by Crippen LogP contribution is -2.31. The largest absolute Gasteiger partial charge is 0.486 e. The van der Waals surface area contributed by atoms with Gasteiger partial charge in [-0.3, -0.25) is 4.68 Å². The molecule has 2 heterocycles. The van der Waals surface area contributed by atoms with Gasteiger partial charge >= 0.3 is 0 Å². The topological polar surface area (TPSA) is 82.5 Å². The zero-order valence-electron chi connectivity index (χ0n) is 15.2. The van der Waals surface area contributed by atoms with Crippen LogP contribution in [-0.4, -0.2) is 38.0 Å². The number of ether oxygens (including phenoxy) is 2. The maximum absolute atomic E-state index is 12.7. The van der Waals surface area contributed by atoms with Gasteiger partial charge in [-0.05, 0) is 33.3 Å². The van der Waals surface area contributed by atoms with Gasteiger partial charge < -0.3 is 9.47 Å². The molecule has 0 fully saturated rings. The highest BCUT2D eigenvalue weighted by Crippen LogP contribution is 2.37. The standard InChI is InChI=1S/C17H22ClN3O4S/c1-10(21-13(4)11(2)12(3)20-21)9-19-26(22,23)17-8-16-15(7-14(17)18)24-5-6-25-16/h7-8,10,19H,5-6,9H2,1-4H3. The lowest BCUT2D eigenvalue weighted by molar-refractivity contribution is 0.171. The minimum absolute atomic E-state index is 0.0276. The molecule has 142 valence electrons. The number of aryl methyl sites for hydroxylation is 1. The summed E-state index contributed by atoms with van der Waals surface area (Å²) >= 11 is 6.16. The van der Waals surface area contributed by atoms with Gasteiger partial charge in [0.2, 0.25) is 10.0 Å². The molecule has 1 aromatic heterocycles. The first-order chi connectivity index (χ1) is 12.2. The van der Waals surface area contributed by atoms with Crippen molar-refractivity contribution in [2.24, 2.45) is 0 Å². The minimum Gasteiger partial charge on any atom is -0.486 e. The average Bonchev–Trinajstić information content (AvgIpc) is 2.86. The SMILES string of the molecule is Cc1nn(C(C)CNS(=O)(=O)c2cc3c(cc2Cl)OCCO3)c(C)c1C. The van der Waals surface area contributed by atoms with Gasteiger partial charge in [0.25, 0.3) is 0 Å². The summed E-state index contributed by atoms with van der Waals surface area (Å²) in [6.07, 6.45) is 0. The van der Waals surface area contributed by atoms with Crippen LogP contribution in [0.4, 0.5) is 0 Å². The molecule has 26 heavy (non-hydrogen) atoms. The monoisotopic (exact) mass is 399 g/mol. The van der Waals surface area contributed by atoms with Crippen molar-refractivity contribution in [1.29, 1.82) is 0 Å². The summed E-state index contributed by atoms with van der Waals surface area (Å²) < 4.78 is 40.7. The molecule has 0 radical (unpaired) electrons. The van der Waals surface area contributed by atoms with E-state index in [0.717, 1.165) is 17.0 Å². The van der Waals surface area contributed by atoms with Gasteiger partial charge in [0.1, 0.15) is 18.1 Å². The molecule has 1 unspecified atom stereocenters. The summed E-state index contributed by atoms with van der Waals surface area (Å²) in [7, 11) is -3.80. The smallest absolute Gasteiger partial charge is 0.242 e. The van der Waals surface area contributed by atoms with Crippen LogP contribution in [0.3, 0.4) is 0 Å². The molecule has 1 aliphatic rings. The molecule has 1 atom stereocenters. The first-order valence-corrected chi connectivity index (χ1v) is 10.2. The molecule has 1 N–H and O–H groups in total. The van der Waals surface area contributed by atoms with Crippen LogP contribution in [0.5, 0.6) is 11.5 Å². The molecule has 0 saturated heterocycles. The molecule has 1 aromatic carbocycles. The fourth-order valence-electron chi connectivity index (χ4n) is 2.82. The van der Waals surface area contributed by atoms with Crippen molar-refractivity contribution in [2.45, 2.75) is 38.6 Å². The van der Waals surface area contributed by atoms with Gasteiger partial charge in [-0.25, -0.2) is 13.1 Å². The third-order valence-electron chi connectivity index (χ3n) is 4.56. The van der Waals surface area contributed by atoms with Crippen LogP contribution < -0.4 is 14.2 Å². The predicted octanol–water partition coefficient (Wildman–Crippen LogP) is 2.77. The number of rotatable bonds is 5. The van der Waals surface area contributed by atoms with E-state index in [1.807, 2.05) is 32.4 Å². The summed E-state index contributed by atoms with van der Waals surface area (Å²) in [6, 6.07) is 2.73. The van der Waals surface area contributed by atoms with Crippen molar-refractivity contribution in [2.75, 3.05) is 19.8 Å². The molecule has 3 rings (SSSR count). The Balaban J connectivity index is 1.80. The fraction of sp³-hybridized carbons (Fsp3) is 0.471. The van der Waals surface area contributed by atoms with Gasteiger partial charge in [-0.2, -0.15) is 5.10 Å². The van der Waals surface area contributed by atoms with E-state index in [9.17, 15) is 8.42 Å². The maximum atomic E-state index is 12.7. The molecule has 0 amide bonds. The molecule has 1 aliphatic heterocycles. The maximum Gasteiger partial charge on any atom is 0.242 e. The fourth-order valence-corrected chi connectivity index (χ4v) is 4.47. The van der Waals surface area contributed by atoms with Crippen molar-refractivity contribution >= 4 is 21.6 Å². The van der Waals surface area contributed by atoms with Gasteiger partial charge in [0.05, 0.1) is 16.8 Å². The number of hydrogen-bond acceptors (Lipinski definition) is 5. The van der Waals surface area contributed by atoms with Gasteiger partial charge in [-0.1, -0.05) is 11.6 Å². The molecule has 2 aromatic rings. The van der Waals surface area contributed by atoms with Crippen LogP contribution in [0.1, 0.15) is 29.9 Å². The number of benzene rings is 1. The highest BCUT2D eigenvalue weighted by molar-refractivity contribution is 7.89. The molecular weight excluding hydrogens is 378 g/mol. The summed E-state index contributed by atoms with van der Waals surface area (Å²) in [5.41, 5.74) is 3.06. The molecule has 9 heteroatoms. The Morgan fingerprint density at radius 3 is 2.42 bits per heavy atom. The normalized spacial score (nSPS) is 15.1. The lowest BCUT2D eigenvalue weighted by Gasteiger charge is -2.20. The Morgan fingerprint density at radius 2 is 1.85 bits per heavy atom. The number of nitrogens with zero attached hydrogens (tertiary/aromatic N) is 2. The first kappa shape index (κ1) is 19.0. The van der Waals surface area contributed by atoms with Crippen LogP contribution in [0.15, 0.2) is 17.0 Å². The number of hydrogen-bond donors (Lipinski definition) is 1. The van der Waals surface area contributed by atoms with Crippen molar-refractivity contribution in [3.05, 3.63) is 34.1 Å². The molecule has 7 nitrogen and oxygen atoms in total. The zero-order chi connectivity index (χ0) is 19.1. The van der Waals surface area contributed by atoms with Crippen LogP contribution in [0.25, 0.3) is 0 Å². The molecule has 0 saturated carbocycles. The number of sulfonamides is 1. The quantitative estimate of drug-likeness (QED) is 0.835. The van der Waals surface area contributed by atoms with Crippen LogP contribution >= 0.6 is 11.6 Å². The van der Waals surface area contributed by atoms with Crippen LogP contribution in [0, 0.1) is 20.8 Å².